The first kappa shape index (κ1) is 12.8. The monoisotopic (exact) mass is 254 g/mol. The zero-order chi connectivity index (χ0) is 13.5. The van der Waals surface area contributed by atoms with Gasteiger partial charge in [-0.05, 0) is 17.7 Å². The molecule has 1 aromatic heterocycles. The summed E-state index contributed by atoms with van der Waals surface area (Å²) in [7, 11) is 0. The van der Waals surface area contributed by atoms with Gasteiger partial charge in [0.2, 0.25) is 0 Å². The molecule has 4 heteroatoms. The molecule has 19 heavy (non-hydrogen) atoms. The van der Waals surface area contributed by atoms with Crippen LogP contribution in [0.2, 0.25) is 0 Å². The van der Waals surface area contributed by atoms with Crippen molar-refractivity contribution in [1.82, 2.24) is 4.98 Å². The Morgan fingerprint density at radius 1 is 1.21 bits per heavy atom. The van der Waals surface area contributed by atoms with Crippen LogP contribution in [0, 0.1) is 0 Å². The van der Waals surface area contributed by atoms with Crippen molar-refractivity contribution >= 4 is 17.7 Å². The zero-order valence-corrected chi connectivity index (χ0v) is 10.3. The van der Waals surface area contributed by atoms with Crippen molar-refractivity contribution in [3.63, 3.8) is 0 Å². The van der Waals surface area contributed by atoms with Gasteiger partial charge in [0, 0.05) is 6.54 Å². The van der Waals surface area contributed by atoms with Crippen LogP contribution in [0.25, 0.3) is 6.08 Å². The number of pyridine rings is 1. The molecule has 0 aliphatic rings. The smallest absolute Gasteiger partial charge is 0.354 e. The summed E-state index contributed by atoms with van der Waals surface area (Å²) in [5.74, 6) is -1.02. The summed E-state index contributed by atoms with van der Waals surface area (Å²) in [6.07, 6.45) is 5.53. The van der Waals surface area contributed by atoms with Gasteiger partial charge in [-0.3, -0.25) is 0 Å². The van der Waals surface area contributed by atoms with Gasteiger partial charge in [-0.2, -0.15) is 0 Å². The van der Waals surface area contributed by atoms with Crippen LogP contribution in [0.1, 0.15) is 16.1 Å². The Kier molecular flexibility index (Phi) is 4.29. The number of aromatic carboxylic acids is 1. The largest absolute Gasteiger partial charge is 0.477 e. The first-order valence-electron chi connectivity index (χ1n) is 5.90. The maximum atomic E-state index is 10.6. The van der Waals surface area contributed by atoms with E-state index in [4.69, 9.17) is 5.11 Å². The fourth-order valence-electron chi connectivity index (χ4n) is 1.56. The molecule has 2 aromatic rings. The maximum Gasteiger partial charge on any atom is 0.354 e. The molecule has 0 saturated heterocycles. The number of benzene rings is 1. The molecule has 0 amide bonds. The van der Waals surface area contributed by atoms with Crippen molar-refractivity contribution in [3.8, 4) is 0 Å². The number of aromatic nitrogens is 1. The number of nitrogens with zero attached hydrogens (tertiary/aromatic N) is 1. The van der Waals surface area contributed by atoms with Gasteiger partial charge in [-0.25, -0.2) is 9.78 Å². The number of hydrogen-bond acceptors (Lipinski definition) is 3. The summed E-state index contributed by atoms with van der Waals surface area (Å²) in [6, 6.07) is 13.2. The van der Waals surface area contributed by atoms with E-state index < -0.39 is 5.97 Å². The second kappa shape index (κ2) is 6.35. The molecule has 0 aliphatic heterocycles. The first-order chi connectivity index (χ1) is 9.25. The van der Waals surface area contributed by atoms with Crippen molar-refractivity contribution in [1.29, 1.82) is 0 Å². The Morgan fingerprint density at radius 3 is 2.63 bits per heavy atom. The average molecular weight is 254 g/mol. The van der Waals surface area contributed by atoms with Crippen LogP contribution >= 0.6 is 0 Å². The highest BCUT2D eigenvalue weighted by Gasteiger charge is 2.02. The lowest BCUT2D eigenvalue weighted by Gasteiger charge is -2.02. The molecule has 96 valence electrons. The second-order valence-corrected chi connectivity index (χ2v) is 3.93. The lowest BCUT2D eigenvalue weighted by Crippen LogP contribution is -2.02. The number of anilines is 1. The van der Waals surface area contributed by atoms with Gasteiger partial charge >= 0.3 is 5.97 Å². The highest BCUT2D eigenvalue weighted by atomic mass is 16.4. The standard InChI is InChI=1S/C15H14N2O2/c18-15(19)14-9-8-13(11-17-14)16-10-4-7-12-5-2-1-3-6-12/h1-9,11,16H,10H2,(H,18,19)/b7-4+. The van der Waals surface area contributed by atoms with E-state index in [0.717, 1.165) is 11.3 Å². The molecule has 0 bridgehead atoms. The third-order valence-electron chi connectivity index (χ3n) is 2.52. The number of nitrogens with one attached hydrogen (secondary N) is 1. The Labute approximate surface area is 111 Å². The molecule has 0 spiro atoms. The molecule has 1 aromatic carbocycles. The molecule has 0 radical (unpaired) electrons. The van der Waals surface area contributed by atoms with Gasteiger partial charge in [0.15, 0.2) is 0 Å². The number of carbonyl (C=O) groups is 1. The van der Waals surface area contributed by atoms with Crippen LogP contribution in [0.5, 0.6) is 0 Å². The number of hydrogen-bond donors (Lipinski definition) is 2. The van der Waals surface area contributed by atoms with E-state index in [1.165, 1.54) is 12.3 Å². The lowest BCUT2D eigenvalue weighted by molar-refractivity contribution is 0.0690. The van der Waals surface area contributed by atoms with Gasteiger partial charge in [0.25, 0.3) is 0 Å². The normalized spacial score (nSPS) is 10.5. The van der Waals surface area contributed by atoms with E-state index >= 15 is 0 Å². The summed E-state index contributed by atoms with van der Waals surface area (Å²) < 4.78 is 0. The second-order valence-electron chi connectivity index (χ2n) is 3.93. The van der Waals surface area contributed by atoms with Gasteiger partial charge in [-0.1, -0.05) is 42.5 Å². The minimum Gasteiger partial charge on any atom is -0.477 e. The summed E-state index contributed by atoms with van der Waals surface area (Å²) in [6.45, 7) is 0.656. The SMILES string of the molecule is O=C(O)c1ccc(NC/C=C/c2ccccc2)cn1. The van der Waals surface area contributed by atoms with Gasteiger partial charge < -0.3 is 10.4 Å². The molecule has 0 saturated carbocycles. The number of carboxylic acids is 1. The molecule has 2 rings (SSSR count). The van der Waals surface area contributed by atoms with E-state index in [9.17, 15) is 4.79 Å². The van der Waals surface area contributed by atoms with E-state index in [2.05, 4.69) is 10.3 Å². The molecule has 0 aliphatic carbocycles. The topological polar surface area (TPSA) is 62.2 Å². The third kappa shape index (κ3) is 3.96. The molecule has 0 fully saturated rings. The summed E-state index contributed by atoms with van der Waals surface area (Å²) in [5.41, 5.74) is 1.98. The van der Waals surface area contributed by atoms with Crippen molar-refractivity contribution in [2.45, 2.75) is 0 Å². The van der Waals surface area contributed by atoms with Crippen molar-refractivity contribution in [2.75, 3.05) is 11.9 Å². The lowest BCUT2D eigenvalue weighted by atomic mass is 10.2. The van der Waals surface area contributed by atoms with Crippen molar-refractivity contribution in [3.05, 3.63) is 66.0 Å². The van der Waals surface area contributed by atoms with Gasteiger partial charge in [0.1, 0.15) is 5.69 Å². The van der Waals surface area contributed by atoms with Gasteiger partial charge in [-0.15, -0.1) is 0 Å². The summed E-state index contributed by atoms with van der Waals surface area (Å²) in [4.78, 5) is 14.5. The van der Waals surface area contributed by atoms with Crippen LogP contribution in [0.3, 0.4) is 0 Å². The summed E-state index contributed by atoms with van der Waals surface area (Å²) in [5, 5.41) is 11.9. The Hall–Kier alpha value is -2.62. The first-order valence-corrected chi connectivity index (χ1v) is 5.90. The maximum absolute atomic E-state index is 10.6. The number of carboxylic acid groups (broad SMARTS) is 1. The highest BCUT2D eigenvalue weighted by molar-refractivity contribution is 5.85. The fraction of sp³-hybridized carbons (Fsp3) is 0.0667. The minimum absolute atomic E-state index is 0.0466. The van der Waals surface area contributed by atoms with Crippen LogP contribution in [0.15, 0.2) is 54.7 Å². The van der Waals surface area contributed by atoms with E-state index in [1.807, 2.05) is 42.5 Å². The Balaban J connectivity index is 1.86. The minimum atomic E-state index is -1.02. The Morgan fingerprint density at radius 2 is 2.00 bits per heavy atom. The molecular formula is C15H14N2O2. The van der Waals surface area contributed by atoms with Crippen LogP contribution in [0.4, 0.5) is 5.69 Å². The van der Waals surface area contributed by atoms with E-state index in [1.54, 1.807) is 6.07 Å². The number of rotatable bonds is 5. The molecule has 0 unspecified atom stereocenters. The van der Waals surface area contributed by atoms with E-state index in [0.29, 0.717) is 6.54 Å². The third-order valence-corrected chi connectivity index (χ3v) is 2.52. The molecule has 2 N–H and O–H groups in total. The average Bonchev–Trinajstić information content (AvgIpc) is 2.45. The fourth-order valence-corrected chi connectivity index (χ4v) is 1.56. The van der Waals surface area contributed by atoms with E-state index in [-0.39, 0.29) is 5.69 Å². The van der Waals surface area contributed by atoms with Crippen LogP contribution in [-0.2, 0) is 0 Å². The quantitative estimate of drug-likeness (QED) is 0.861. The summed E-state index contributed by atoms with van der Waals surface area (Å²) >= 11 is 0. The van der Waals surface area contributed by atoms with Crippen LogP contribution in [-0.4, -0.2) is 22.6 Å². The Bertz CT molecular complexity index is 562. The van der Waals surface area contributed by atoms with Gasteiger partial charge in [0.05, 0.1) is 11.9 Å². The zero-order valence-electron chi connectivity index (χ0n) is 10.3. The highest BCUT2D eigenvalue weighted by Crippen LogP contribution is 2.06. The van der Waals surface area contributed by atoms with Crippen molar-refractivity contribution < 1.29 is 9.90 Å². The molecule has 4 nitrogen and oxygen atoms in total. The predicted octanol–water partition coefficient (Wildman–Crippen LogP) is 2.91. The van der Waals surface area contributed by atoms with Crippen molar-refractivity contribution in [2.24, 2.45) is 0 Å². The molecule has 0 atom stereocenters. The molecule has 1 heterocycles. The predicted molar refractivity (Wildman–Crippen MR) is 75.2 cm³/mol. The molecular weight excluding hydrogens is 240 g/mol. The van der Waals surface area contributed by atoms with Crippen LogP contribution < -0.4 is 5.32 Å².